The van der Waals surface area contributed by atoms with Crippen molar-refractivity contribution in [2.24, 2.45) is 0 Å². The minimum Gasteiger partial charge on any atom is -0.492 e. The molecule has 124 valence electrons. The molecular formula is C16H21ClN4O2. The van der Waals surface area contributed by atoms with E-state index >= 15 is 0 Å². The largest absolute Gasteiger partial charge is 0.492 e. The summed E-state index contributed by atoms with van der Waals surface area (Å²) < 4.78 is 5.51. The number of amides is 2. The quantitative estimate of drug-likeness (QED) is 0.842. The van der Waals surface area contributed by atoms with Crippen molar-refractivity contribution < 1.29 is 9.53 Å². The number of H-pyrrole nitrogens is 1. The number of aromatic amines is 1. The fourth-order valence-electron chi connectivity index (χ4n) is 1.97. The standard InChI is InChI=1S/C16H21ClN4O2/c1-4-7-23-14-6-5-12(8-13(14)17)20-16(22)21(3)10-15-18-9-11(2)19-15/h5-6,8-9H,4,7,10H2,1-3H3,(H,18,19)(H,20,22). The lowest BCUT2D eigenvalue weighted by molar-refractivity contribution is 0.219. The highest BCUT2D eigenvalue weighted by Crippen LogP contribution is 2.27. The van der Waals surface area contributed by atoms with Gasteiger partial charge in [-0.3, -0.25) is 0 Å². The van der Waals surface area contributed by atoms with Crippen LogP contribution in [-0.4, -0.2) is 34.6 Å². The summed E-state index contributed by atoms with van der Waals surface area (Å²) in [6.07, 6.45) is 2.64. The molecular weight excluding hydrogens is 316 g/mol. The maximum absolute atomic E-state index is 12.2. The Hall–Kier alpha value is -2.21. The van der Waals surface area contributed by atoms with Crippen molar-refractivity contribution in [1.82, 2.24) is 14.9 Å². The number of hydrogen-bond acceptors (Lipinski definition) is 3. The van der Waals surface area contributed by atoms with E-state index in [1.807, 2.05) is 13.8 Å². The summed E-state index contributed by atoms with van der Waals surface area (Å²) in [7, 11) is 1.70. The van der Waals surface area contributed by atoms with Gasteiger partial charge in [0.1, 0.15) is 11.6 Å². The molecule has 1 heterocycles. The predicted molar refractivity (Wildman–Crippen MR) is 91.0 cm³/mol. The van der Waals surface area contributed by atoms with Crippen molar-refractivity contribution in [3.63, 3.8) is 0 Å². The van der Waals surface area contributed by atoms with Gasteiger partial charge in [0.15, 0.2) is 0 Å². The molecule has 2 N–H and O–H groups in total. The fourth-order valence-corrected chi connectivity index (χ4v) is 2.21. The Morgan fingerprint density at radius 3 is 2.87 bits per heavy atom. The minimum atomic E-state index is -0.239. The lowest BCUT2D eigenvalue weighted by atomic mass is 10.3. The number of nitrogens with zero attached hydrogens (tertiary/aromatic N) is 2. The Balaban J connectivity index is 1.95. The van der Waals surface area contributed by atoms with Gasteiger partial charge in [0.25, 0.3) is 0 Å². The van der Waals surface area contributed by atoms with E-state index in [0.29, 0.717) is 29.6 Å². The Bertz CT molecular complexity index is 672. The summed E-state index contributed by atoms with van der Waals surface area (Å²) in [5, 5.41) is 3.27. The SMILES string of the molecule is CCCOc1ccc(NC(=O)N(C)Cc2ncc(C)[nH]2)cc1Cl. The number of imidazole rings is 1. The first-order valence-corrected chi connectivity index (χ1v) is 7.82. The summed E-state index contributed by atoms with van der Waals surface area (Å²) >= 11 is 6.16. The second kappa shape index (κ2) is 7.87. The number of halogens is 1. The highest BCUT2D eigenvalue weighted by Gasteiger charge is 2.12. The van der Waals surface area contributed by atoms with Gasteiger partial charge in [-0.15, -0.1) is 0 Å². The van der Waals surface area contributed by atoms with Crippen molar-refractivity contribution in [3.8, 4) is 5.75 Å². The number of hydrogen-bond donors (Lipinski definition) is 2. The number of rotatable bonds is 6. The molecule has 0 aliphatic carbocycles. The zero-order chi connectivity index (χ0) is 16.8. The van der Waals surface area contributed by atoms with Crippen molar-refractivity contribution >= 4 is 23.3 Å². The molecule has 2 amide bonds. The van der Waals surface area contributed by atoms with Crippen LogP contribution in [0.1, 0.15) is 24.9 Å². The number of carbonyl (C=O) groups excluding carboxylic acids is 1. The molecule has 0 saturated heterocycles. The van der Waals surface area contributed by atoms with Crippen LogP contribution in [0.2, 0.25) is 5.02 Å². The second-order valence-corrected chi connectivity index (χ2v) is 5.70. The first-order valence-electron chi connectivity index (χ1n) is 7.44. The molecule has 0 aliphatic rings. The number of aromatic nitrogens is 2. The first kappa shape index (κ1) is 17.1. The molecule has 6 nitrogen and oxygen atoms in total. The Morgan fingerprint density at radius 2 is 2.26 bits per heavy atom. The molecule has 0 atom stereocenters. The first-order chi connectivity index (χ1) is 11.0. The summed E-state index contributed by atoms with van der Waals surface area (Å²) in [6, 6.07) is 4.95. The van der Waals surface area contributed by atoms with Gasteiger partial charge >= 0.3 is 6.03 Å². The molecule has 7 heteroatoms. The van der Waals surface area contributed by atoms with E-state index in [4.69, 9.17) is 16.3 Å². The number of urea groups is 1. The maximum Gasteiger partial charge on any atom is 0.321 e. The van der Waals surface area contributed by atoms with E-state index in [2.05, 4.69) is 15.3 Å². The molecule has 1 aromatic carbocycles. The smallest absolute Gasteiger partial charge is 0.321 e. The van der Waals surface area contributed by atoms with E-state index in [1.165, 1.54) is 4.90 Å². The van der Waals surface area contributed by atoms with Crippen LogP contribution >= 0.6 is 11.6 Å². The third-order valence-electron chi connectivity index (χ3n) is 3.13. The van der Waals surface area contributed by atoms with Gasteiger partial charge in [0.05, 0.1) is 18.2 Å². The molecule has 0 bridgehead atoms. The monoisotopic (exact) mass is 336 g/mol. The summed E-state index contributed by atoms with van der Waals surface area (Å²) in [6.45, 7) is 4.95. The van der Waals surface area contributed by atoms with Gasteiger partial charge in [-0.05, 0) is 31.5 Å². The molecule has 0 spiro atoms. The van der Waals surface area contributed by atoms with Crippen LogP contribution in [0.25, 0.3) is 0 Å². The molecule has 0 radical (unpaired) electrons. The van der Waals surface area contributed by atoms with Crippen LogP contribution in [0.5, 0.6) is 5.75 Å². The molecule has 23 heavy (non-hydrogen) atoms. The molecule has 2 aromatic rings. The third kappa shape index (κ3) is 4.89. The topological polar surface area (TPSA) is 70.2 Å². The molecule has 0 saturated carbocycles. The van der Waals surface area contributed by atoms with Crippen LogP contribution in [0.3, 0.4) is 0 Å². The Morgan fingerprint density at radius 1 is 1.48 bits per heavy atom. The highest BCUT2D eigenvalue weighted by atomic mass is 35.5. The van der Waals surface area contributed by atoms with Crippen LogP contribution in [0.4, 0.5) is 10.5 Å². The normalized spacial score (nSPS) is 10.4. The Kier molecular flexibility index (Phi) is 5.87. The average molecular weight is 337 g/mol. The van der Waals surface area contributed by atoms with Crippen LogP contribution < -0.4 is 10.1 Å². The third-order valence-corrected chi connectivity index (χ3v) is 3.43. The van der Waals surface area contributed by atoms with E-state index in [9.17, 15) is 4.79 Å². The van der Waals surface area contributed by atoms with Gasteiger partial charge in [-0.25, -0.2) is 9.78 Å². The van der Waals surface area contributed by atoms with Gasteiger partial charge in [0.2, 0.25) is 0 Å². The van der Waals surface area contributed by atoms with Gasteiger partial charge in [-0.1, -0.05) is 18.5 Å². The van der Waals surface area contributed by atoms with Crippen LogP contribution in [0.15, 0.2) is 24.4 Å². The lowest BCUT2D eigenvalue weighted by Crippen LogP contribution is -2.31. The van der Waals surface area contributed by atoms with Gasteiger partial charge < -0.3 is 19.9 Å². The van der Waals surface area contributed by atoms with E-state index in [1.54, 1.807) is 31.4 Å². The van der Waals surface area contributed by atoms with E-state index < -0.39 is 0 Å². The molecule has 2 rings (SSSR count). The highest BCUT2D eigenvalue weighted by molar-refractivity contribution is 6.32. The van der Waals surface area contributed by atoms with Gasteiger partial charge in [-0.2, -0.15) is 0 Å². The molecule has 0 fully saturated rings. The maximum atomic E-state index is 12.2. The van der Waals surface area contributed by atoms with Crippen molar-refractivity contribution in [2.75, 3.05) is 19.0 Å². The van der Waals surface area contributed by atoms with E-state index in [0.717, 1.165) is 17.9 Å². The Labute approximate surface area is 140 Å². The minimum absolute atomic E-state index is 0.239. The summed E-state index contributed by atoms with van der Waals surface area (Å²) in [5.74, 6) is 1.35. The number of nitrogens with one attached hydrogen (secondary N) is 2. The lowest BCUT2D eigenvalue weighted by Gasteiger charge is -2.17. The number of anilines is 1. The van der Waals surface area contributed by atoms with Crippen LogP contribution in [-0.2, 0) is 6.54 Å². The molecule has 0 unspecified atom stereocenters. The predicted octanol–water partition coefficient (Wildman–Crippen LogP) is 3.82. The molecule has 1 aromatic heterocycles. The zero-order valence-corrected chi connectivity index (χ0v) is 14.3. The van der Waals surface area contributed by atoms with E-state index in [-0.39, 0.29) is 6.03 Å². The second-order valence-electron chi connectivity index (χ2n) is 5.29. The number of aryl methyl sites for hydroxylation is 1. The number of carbonyl (C=O) groups is 1. The molecule has 0 aliphatic heterocycles. The van der Waals surface area contributed by atoms with Crippen molar-refractivity contribution in [1.29, 1.82) is 0 Å². The van der Waals surface area contributed by atoms with Crippen LogP contribution in [0, 0.1) is 6.92 Å². The number of ether oxygens (including phenoxy) is 1. The van der Waals surface area contributed by atoms with Gasteiger partial charge in [0, 0.05) is 24.6 Å². The average Bonchev–Trinajstić information content (AvgIpc) is 2.91. The number of benzene rings is 1. The summed E-state index contributed by atoms with van der Waals surface area (Å²) in [5.41, 5.74) is 1.58. The van der Waals surface area contributed by atoms with Crippen molar-refractivity contribution in [2.45, 2.75) is 26.8 Å². The summed E-state index contributed by atoms with van der Waals surface area (Å²) in [4.78, 5) is 21.0. The van der Waals surface area contributed by atoms with Crippen molar-refractivity contribution in [3.05, 3.63) is 40.9 Å². The fraction of sp³-hybridized carbons (Fsp3) is 0.375. The zero-order valence-electron chi connectivity index (χ0n) is 13.5.